The van der Waals surface area contributed by atoms with Crippen molar-refractivity contribution in [3.63, 3.8) is 0 Å². The zero-order valence-electron chi connectivity index (χ0n) is 24.4. The van der Waals surface area contributed by atoms with E-state index in [2.05, 4.69) is 10.3 Å². The number of methoxy groups -OCH3 is 1. The second-order valence-electron chi connectivity index (χ2n) is 10.9. The monoisotopic (exact) mass is 569 g/mol. The van der Waals surface area contributed by atoms with Gasteiger partial charge >= 0.3 is 5.97 Å². The number of carbonyl (C=O) groups excluding carboxylic acids is 2. The average molecular weight is 570 g/mol. The number of rotatable bonds is 12. The van der Waals surface area contributed by atoms with Gasteiger partial charge in [0.05, 0.1) is 13.7 Å². The predicted octanol–water partition coefficient (Wildman–Crippen LogP) is 6.69. The van der Waals surface area contributed by atoms with Gasteiger partial charge in [-0.25, -0.2) is 4.79 Å². The van der Waals surface area contributed by atoms with Gasteiger partial charge in [0.1, 0.15) is 23.9 Å². The van der Waals surface area contributed by atoms with Gasteiger partial charge in [0.25, 0.3) is 6.01 Å². The summed E-state index contributed by atoms with van der Waals surface area (Å²) in [6.07, 6.45) is 6.81. The van der Waals surface area contributed by atoms with Crippen LogP contribution in [0, 0.1) is 5.92 Å². The van der Waals surface area contributed by atoms with E-state index in [4.69, 9.17) is 13.9 Å². The molecule has 1 fully saturated rings. The number of nitrogens with one attached hydrogen (secondary N) is 1. The van der Waals surface area contributed by atoms with Crippen molar-refractivity contribution in [1.82, 2.24) is 4.98 Å². The highest BCUT2D eigenvalue weighted by atomic mass is 16.5. The van der Waals surface area contributed by atoms with Crippen LogP contribution in [0.5, 0.6) is 5.75 Å². The quantitative estimate of drug-likeness (QED) is 0.115. The molecule has 0 spiro atoms. The molecule has 1 aromatic heterocycles. The molecule has 1 atom stereocenters. The van der Waals surface area contributed by atoms with E-state index in [1.807, 2.05) is 84.7 Å². The Morgan fingerprint density at radius 2 is 1.69 bits per heavy atom. The van der Waals surface area contributed by atoms with Crippen LogP contribution < -0.4 is 15.0 Å². The molecule has 220 valence electrons. The van der Waals surface area contributed by atoms with Gasteiger partial charge in [-0.05, 0) is 54.8 Å². The first-order valence-corrected chi connectivity index (χ1v) is 14.8. The van der Waals surface area contributed by atoms with E-state index in [-0.39, 0.29) is 17.7 Å². The number of esters is 1. The van der Waals surface area contributed by atoms with E-state index in [1.165, 1.54) is 20.0 Å². The fourth-order valence-electron chi connectivity index (χ4n) is 5.49. The van der Waals surface area contributed by atoms with E-state index >= 15 is 0 Å². The number of anilines is 2. The van der Waals surface area contributed by atoms with Crippen molar-refractivity contribution in [1.29, 1.82) is 0 Å². The number of hydrogen-bond donors (Lipinski definition) is 1. The summed E-state index contributed by atoms with van der Waals surface area (Å²) in [5.41, 5.74) is 3.84. The molecule has 0 aliphatic heterocycles. The van der Waals surface area contributed by atoms with Crippen molar-refractivity contribution in [3.8, 4) is 5.75 Å². The van der Waals surface area contributed by atoms with E-state index in [9.17, 15) is 9.59 Å². The lowest BCUT2D eigenvalue weighted by molar-refractivity contribution is -0.141. The lowest BCUT2D eigenvalue weighted by Crippen LogP contribution is -2.33. The number of carbonyl (C=O) groups is 2. The maximum absolute atomic E-state index is 13.5. The standard InChI is InChI=1S/C34H39N3O5/c1-37(34-36-29-15-9-10-16-31(29)42-34)21-22-41-26-19-17-24(18-20-26)23-30(33(39)40-2)35-28-14-8-7-13-27(28)32(38)25-11-5-3-4-6-12-25/h7-10,13-20,25,30,35H,3-6,11-12,21-23H2,1-2H3. The van der Waals surface area contributed by atoms with Crippen molar-refractivity contribution >= 4 is 34.6 Å². The van der Waals surface area contributed by atoms with Gasteiger partial charge in [-0.3, -0.25) is 4.79 Å². The van der Waals surface area contributed by atoms with Gasteiger partial charge in [0.15, 0.2) is 11.4 Å². The molecule has 0 amide bonds. The van der Waals surface area contributed by atoms with Crippen LogP contribution in [0.1, 0.15) is 54.4 Å². The first-order valence-electron chi connectivity index (χ1n) is 14.8. The number of ether oxygens (including phenoxy) is 2. The van der Waals surface area contributed by atoms with Crippen LogP contribution in [-0.4, -0.2) is 50.1 Å². The summed E-state index contributed by atoms with van der Waals surface area (Å²) in [5.74, 6) is 0.544. The molecule has 1 saturated carbocycles. The fraction of sp³-hybridized carbons (Fsp3) is 0.382. The number of Topliss-reactive ketones (excluding diaryl/α,β-unsaturated/α-hetero) is 1. The molecule has 0 saturated heterocycles. The van der Waals surface area contributed by atoms with Gasteiger partial charge in [-0.1, -0.05) is 62.1 Å². The van der Waals surface area contributed by atoms with Crippen LogP contribution >= 0.6 is 0 Å². The molecule has 42 heavy (non-hydrogen) atoms. The third-order valence-corrected chi connectivity index (χ3v) is 7.90. The molecule has 1 unspecified atom stereocenters. The van der Waals surface area contributed by atoms with Gasteiger partial charge in [0.2, 0.25) is 0 Å². The van der Waals surface area contributed by atoms with Gasteiger partial charge in [-0.15, -0.1) is 0 Å². The van der Waals surface area contributed by atoms with Crippen molar-refractivity contribution in [2.45, 2.75) is 51.0 Å². The van der Waals surface area contributed by atoms with E-state index in [0.717, 1.165) is 48.1 Å². The highest BCUT2D eigenvalue weighted by Gasteiger charge is 2.26. The van der Waals surface area contributed by atoms with E-state index in [0.29, 0.717) is 36.8 Å². The topological polar surface area (TPSA) is 93.9 Å². The summed E-state index contributed by atoms with van der Waals surface area (Å²) in [7, 11) is 3.30. The Kier molecular flexibility index (Phi) is 9.74. The molecule has 4 aromatic rings. The Hall–Kier alpha value is -4.33. The molecular formula is C34H39N3O5. The summed E-state index contributed by atoms with van der Waals surface area (Å²) in [6.45, 7) is 1.05. The number of oxazole rings is 1. The number of para-hydroxylation sites is 3. The molecular weight excluding hydrogens is 530 g/mol. The maximum Gasteiger partial charge on any atom is 0.328 e. The van der Waals surface area contributed by atoms with E-state index in [1.54, 1.807) is 0 Å². The molecule has 3 aromatic carbocycles. The van der Waals surface area contributed by atoms with Gasteiger partial charge in [-0.2, -0.15) is 4.98 Å². The summed E-state index contributed by atoms with van der Waals surface area (Å²) >= 11 is 0. The number of hydrogen-bond acceptors (Lipinski definition) is 8. The third-order valence-electron chi connectivity index (χ3n) is 7.90. The number of fused-ring (bicyclic) bond motifs is 1. The van der Waals surface area contributed by atoms with Crippen molar-refractivity contribution in [2.24, 2.45) is 5.92 Å². The predicted molar refractivity (Wildman–Crippen MR) is 164 cm³/mol. The Balaban J connectivity index is 1.19. The maximum atomic E-state index is 13.5. The minimum Gasteiger partial charge on any atom is -0.492 e. The SMILES string of the molecule is COC(=O)C(Cc1ccc(OCCN(C)c2nc3ccccc3o2)cc1)Nc1ccccc1C(=O)C1CCCCCC1. The lowest BCUT2D eigenvalue weighted by atomic mass is 9.90. The van der Waals surface area contributed by atoms with Crippen LogP contribution in [-0.2, 0) is 16.0 Å². The fourth-order valence-corrected chi connectivity index (χ4v) is 5.49. The highest BCUT2D eigenvalue weighted by Crippen LogP contribution is 2.29. The third kappa shape index (κ3) is 7.29. The van der Waals surface area contributed by atoms with Crippen LogP contribution in [0.2, 0.25) is 0 Å². The molecule has 1 aliphatic carbocycles. The Bertz CT molecular complexity index is 1440. The smallest absolute Gasteiger partial charge is 0.328 e. The lowest BCUT2D eigenvalue weighted by Gasteiger charge is -2.21. The molecule has 0 radical (unpaired) electrons. The Morgan fingerprint density at radius 1 is 0.976 bits per heavy atom. The Morgan fingerprint density at radius 3 is 2.43 bits per heavy atom. The summed E-state index contributed by atoms with van der Waals surface area (Å²) in [5, 5.41) is 3.32. The molecule has 8 heteroatoms. The molecule has 0 bridgehead atoms. The second-order valence-corrected chi connectivity index (χ2v) is 10.9. The first-order chi connectivity index (χ1) is 20.5. The van der Waals surface area contributed by atoms with Crippen molar-refractivity contribution < 1.29 is 23.5 Å². The molecule has 1 aliphatic rings. The number of likely N-dealkylation sites (N-methyl/N-ethyl adjacent to an activating group) is 1. The first kappa shape index (κ1) is 29.2. The van der Waals surface area contributed by atoms with Crippen LogP contribution in [0.3, 0.4) is 0 Å². The number of aromatic nitrogens is 1. The largest absolute Gasteiger partial charge is 0.492 e. The zero-order chi connectivity index (χ0) is 29.3. The molecule has 5 rings (SSSR count). The van der Waals surface area contributed by atoms with Crippen LogP contribution in [0.15, 0.2) is 77.2 Å². The number of nitrogens with zero attached hydrogens (tertiary/aromatic N) is 2. The van der Waals surface area contributed by atoms with Crippen LogP contribution in [0.4, 0.5) is 11.7 Å². The van der Waals surface area contributed by atoms with Crippen molar-refractivity contribution in [2.75, 3.05) is 37.5 Å². The Labute approximate surface area is 247 Å². The molecule has 1 heterocycles. The zero-order valence-corrected chi connectivity index (χ0v) is 24.4. The van der Waals surface area contributed by atoms with Crippen molar-refractivity contribution in [3.05, 3.63) is 83.9 Å². The highest BCUT2D eigenvalue weighted by molar-refractivity contribution is 6.03. The summed E-state index contributed by atoms with van der Waals surface area (Å²) in [6, 6.07) is 22.8. The van der Waals surface area contributed by atoms with Gasteiger partial charge < -0.3 is 24.1 Å². The average Bonchev–Trinajstić information content (AvgIpc) is 3.27. The normalized spacial score (nSPS) is 14.6. The van der Waals surface area contributed by atoms with Crippen LogP contribution in [0.25, 0.3) is 11.1 Å². The molecule has 8 nitrogen and oxygen atoms in total. The minimum atomic E-state index is -0.644. The summed E-state index contributed by atoms with van der Waals surface area (Å²) < 4.78 is 16.9. The number of benzene rings is 3. The van der Waals surface area contributed by atoms with E-state index < -0.39 is 6.04 Å². The number of ketones is 1. The second kappa shape index (κ2) is 14.0. The molecule has 1 N–H and O–H groups in total. The summed E-state index contributed by atoms with van der Waals surface area (Å²) in [4.78, 5) is 32.7. The van der Waals surface area contributed by atoms with Gasteiger partial charge in [0, 0.05) is 30.6 Å². The minimum absolute atomic E-state index is 0.0364.